The summed E-state index contributed by atoms with van der Waals surface area (Å²) in [6, 6.07) is 7.35. The minimum Gasteiger partial charge on any atom is -0.493 e. The molecule has 1 atom stereocenters. The van der Waals surface area contributed by atoms with Gasteiger partial charge in [0.15, 0.2) is 5.78 Å². The van der Waals surface area contributed by atoms with Gasteiger partial charge in [-0.2, -0.15) is 0 Å². The quantitative estimate of drug-likeness (QED) is 0.709. The van der Waals surface area contributed by atoms with Crippen molar-refractivity contribution in [1.82, 2.24) is 0 Å². The third-order valence-electron chi connectivity index (χ3n) is 2.89. The molecule has 1 rings (SSSR count). The van der Waals surface area contributed by atoms with E-state index in [1.807, 2.05) is 12.1 Å². The molecule has 2 nitrogen and oxygen atoms in total. The third kappa shape index (κ3) is 3.69. The highest BCUT2D eigenvalue weighted by Crippen LogP contribution is 2.16. The van der Waals surface area contributed by atoms with Crippen molar-refractivity contribution in [2.75, 3.05) is 6.61 Å². The van der Waals surface area contributed by atoms with Gasteiger partial charge in [0, 0.05) is 5.56 Å². The van der Waals surface area contributed by atoms with E-state index < -0.39 is 0 Å². The van der Waals surface area contributed by atoms with Crippen LogP contribution in [0.4, 0.5) is 0 Å². The number of carbonyl (C=O) groups excluding carboxylic acids is 1. The van der Waals surface area contributed by atoms with Crippen molar-refractivity contribution in [3.8, 4) is 5.75 Å². The lowest BCUT2D eigenvalue weighted by Gasteiger charge is -2.16. The number of hydrogen-bond donors (Lipinski definition) is 0. The highest BCUT2D eigenvalue weighted by atomic mass is 16.5. The average molecular weight is 220 g/mol. The van der Waals surface area contributed by atoms with Gasteiger partial charge in [-0.3, -0.25) is 4.79 Å². The van der Waals surface area contributed by atoms with Crippen LogP contribution in [0.5, 0.6) is 5.75 Å². The monoisotopic (exact) mass is 220 g/mol. The van der Waals surface area contributed by atoms with E-state index in [9.17, 15) is 4.79 Å². The first kappa shape index (κ1) is 12.8. The molecule has 0 saturated carbocycles. The Morgan fingerprint density at radius 3 is 2.56 bits per heavy atom. The van der Waals surface area contributed by atoms with Crippen LogP contribution in [-0.2, 0) is 0 Å². The summed E-state index contributed by atoms with van der Waals surface area (Å²) < 4.78 is 5.67. The van der Waals surface area contributed by atoms with Crippen LogP contribution in [0.1, 0.15) is 38.1 Å². The number of ketones is 1. The summed E-state index contributed by atoms with van der Waals surface area (Å²) in [6.07, 6.45) is 0. The molecule has 0 bridgehead atoms. The van der Waals surface area contributed by atoms with Gasteiger partial charge in [0.25, 0.3) is 0 Å². The lowest BCUT2D eigenvalue weighted by molar-refractivity contribution is 0.101. The fraction of sp³-hybridized carbons (Fsp3) is 0.500. The standard InChI is InChI=1S/C14H20O2/c1-10(2)11(3)9-16-14-7-5-6-13(8-14)12(4)15/h5-8,10-11H,9H2,1-4H3. The minimum atomic E-state index is 0.0716. The molecule has 0 radical (unpaired) electrons. The Morgan fingerprint density at radius 1 is 1.31 bits per heavy atom. The second-order valence-electron chi connectivity index (χ2n) is 4.62. The van der Waals surface area contributed by atoms with E-state index >= 15 is 0 Å². The highest BCUT2D eigenvalue weighted by Gasteiger charge is 2.08. The Morgan fingerprint density at radius 2 is 2.00 bits per heavy atom. The minimum absolute atomic E-state index is 0.0716. The number of carbonyl (C=O) groups is 1. The van der Waals surface area contributed by atoms with Gasteiger partial charge < -0.3 is 4.74 Å². The van der Waals surface area contributed by atoms with Crippen molar-refractivity contribution < 1.29 is 9.53 Å². The number of benzene rings is 1. The second-order valence-corrected chi connectivity index (χ2v) is 4.62. The Hall–Kier alpha value is -1.31. The molecule has 0 aliphatic carbocycles. The molecule has 1 unspecified atom stereocenters. The summed E-state index contributed by atoms with van der Waals surface area (Å²) in [5, 5.41) is 0. The van der Waals surface area contributed by atoms with Crippen molar-refractivity contribution in [1.29, 1.82) is 0 Å². The van der Waals surface area contributed by atoms with Crippen LogP contribution in [-0.4, -0.2) is 12.4 Å². The lowest BCUT2D eigenvalue weighted by Crippen LogP contribution is -2.14. The van der Waals surface area contributed by atoms with E-state index in [1.54, 1.807) is 19.1 Å². The molecule has 0 N–H and O–H groups in total. The molecule has 0 aliphatic heterocycles. The SMILES string of the molecule is CC(=O)c1cccc(OCC(C)C(C)C)c1. The summed E-state index contributed by atoms with van der Waals surface area (Å²) in [6.45, 7) is 8.79. The van der Waals surface area contributed by atoms with Gasteiger partial charge in [-0.1, -0.05) is 32.9 Å². The molecule has 0 aromatic heterocycles. The molecule has 0 spiro atoms. The van der Waals surface area contributed by atoms with Crippen LogP contribution in [0.3, 0.4) is 0 Å². The molecule has 1 aromatic carbocycles. The predicted molar refractivity (Wildman–Crippen MR) is 65.9 cm³/mol. The number of ether oxygens (including phenoxy) is 1. The Bertz CT molecular complexity index is 356. The maximum absolute atomic E-state index is 11.2. The van der Waals surface area contributed by atoms with E-state index in [0.717, 1.165) is 5.75 Å². The Kier molecular flexibility index (Phi) is 4.53. The summed E-state index contributed by atoms with van der Waals surface area (Å²) in [4.78, 5) is 11.2. The van der Waals surface area contributed by atoms with Crippen LogP contribution < -0.4 is 4.74 Å². The normalized spacial score (nSPS) is 12.6. The maximum atomic E-state index is 11.2. The average Bonchev–Trinajstić information content (AvgIpc) is 2.26. The lowest BCUT2D eigenvalue weighted by atomic mass is 9.99. The Balaban J connectivity index is 2.61. The van der Waals surface area contributed by atoms with Crippen molar-refractivity contribution >= 4 is 5.78 Å². The molecule has 0 saturated heterocycles. The highest BCUT2D eigenvalue weighted by molar-refractivity contribution is 5.94. The molecule has 1 aromatic rings. The molecule has 88 valence electrons. The van der Waals surface area contributed by atoms with E-state index in [0.29, 0.717) is 24.0 Å². The summed E-state index contributed by atoms with van der Waals surface area (Å²) in [5.41, 5.74) is 0.703. The smallest absolute Gasteiger partial charge is 0.159 e. The zero-order valence-corrected chi connectivity index (χ0v) is 10.5. The van der Waals surface area contributed by atoms with E-state index in [1.165, 1.54) is 0 Å². The molecule has 0 heterocycles. The van der Waals surface area contributed by atoms with Crippen LogP contribution in [0.2, 0.25) is 0 Å². The van der Waals surface area contributed by atoms with Gasteiger partial charge in [-0.15, -0.1) is 0 Å². The van der Waals surface area contributed by atoms with Gasteiger partial charge in [-0.25, -0.2) is 0 Å². The Labute approximate surface area is 97.6 Å². The summed E-state index contributed by atoms with van der Waals surface area (Å²) in [5.74, 6) is 1.97. The van der Waals surface area contributed by atoms with Gasteiger partial charge in [-0.05, 0) is 30.9 Å². The van der Waals surface area contributed by atoms with Crippen LogP contribution >= 0.6 is 0 Å². The summed E-state index contributed by atoms with van der Waals surface area (Å²) in [7, 11) is 0. The first-order valence-electron chi connectivity index (χ1n) is 5.74. The maximum Gasteiger partial charge on any atom is 0.159 e. The largest absolute Gasteiger partial charge is 0.493 e. The summed E-state index contributed by atoms with van der Waals surface area (Å²) >= 11 is 0. The first-order chi connectivity index (χ1) is 7.50. The fourth-order valence-corrected chi connectivity index (χ4v) is 1.22. The van der Waals surface area contributed by atoms with E-state index in [-0.39, 0.29) is 5.78 Å². The molecular weight excluding hydrogens is 200 g/mol. The molecule has 16 heavy (non-hydrogen) atoms. The van der Waals surface area contributed by atoms with Gasteiger partial charge in [0.1, 0.15) is 5.75 Å². The third-order valence-corrected chi connectivity index (χ3v) is 2.89. The van der Waals surface area contributed by atoms with Crippen molar-refractivity contribution in [3.63, 3.8) is 0 Å². The van der Waals surface area contributed by atoms with Crippen molar-refractivity contribution in [3.05, 3.63) is 29.8 Å². The molecule has 0 amide bonds. The van der Waals surface area contributed by atoms with Crippen molar-refractivity contribution in [2.45, 2.75) is 27.7 Å². The molecular formula is C14H20O2. The predicted octanol–water partition coefficient (Wildman–Crippen LogP) is 3.56. The van der Waals surface area contributed by atoms with Gasteiger partial charge >= 0.3 is 0 Å². The molecule has 0 aliphatic rings. The fourth-order valence-electron chi connectivity index (χ4n) is 1.22. The van der Waals surface area contributed by atoms with Gasteiger partial charge in [0.2, 0.25) is 0 Å². The zero-order chi connectivity index (χ0) is 12.1. The molecule has 0 fully saturated rings. The van der Waals surface area contributed by atoms with Crippen LogP contribution in [0.15, 0.2) is 24.3 Å². The van der Waals surface area contributed by atoms with E-state index in [2.05, 4.69) is 20.8 Å². The number of rotatable bonds is 5. The second kappa shape index (κ2) is 5.69. The van der Waals surface area contributed by atoms with Crippen LogP contribution in [0, 0.1) is 11.8 Å². The zero-order valence-electron chi connectivity index (χ0n) is 10.5. The van der Waals surface area contributed by atoms with E-state index in [4.69, 9.17) is 4.74 Å². The number of Topliss-reactive ketones (excluding diaryl/α,β-unsaturated/α-hetero) is 1. The van der Waals surface area contributed by atoms with Crippen LogP contribution in [0.25, 0.3) is 0 Å². The first-order valence-corrected chi connectivity index (χ1v) is 5.74. The van der Waals surface area contributed by atoms with Crippen molar-refractivity contribution in [2.24, 2.45) is 11.8 Å². The number of hydrogen-bond acceptors (Lipinski definition) is 2. The van der Waals surface area contributed by atoms with Gasteiger partial charge in [0.05, 0.1) is 6.61 Å². The molecule has 2 heteroatoms. The topological polar surface area (TPSA) is 26.3 Å².